The number of nitrogens with zero attached hydrogens (tertiary/aromatic N) is 7. The summed E-state index contributed by atoms with van der Waals surface area (Å²) in [5.74, 6) is -2.38. The van der Waals surface area contributed by atoms with E-state index in [2.05, 4.69) is 15.1 Å². The van der Waals surface area contributed by atoms with Crippen LogP contribution in [-0.4, -0.2) is 82.2 Å². The van der Waals surface area contributed by atoms with Gasteiger partial charge >= 0.3 is 6.03 Å². The molecule has 2 aromatic rings. The number of aromatic nitrogens is 2. The fourth-order valence-corrected chi connectivity index (χ4v) is 4.79. The second-order valence-electron chi connectivity index (χ2n) is 9.07. The zero-order valence-corrected chi connectivity index (χ0v) is 19.6. The summed E-state index contributed by atoms with van der Waals surface area (Å²) in [5.41, 5.74) is 0.0968. The topological polar surface area (TPSA) is 85.2 Å². The normalized spacial score (nSPS) is 20.2. The highest BCUT2D eigenvalue weighted by atomic mass is 19.1. The van der Waals surface area contributed by atoms with Gasteiger partial charge in [-0.25, -0.2) is 32.9 Å². The van der Waals surface area contributed by atoms with Crippen molar-refractivity contribution in [3.05, 3.63) is 53.1 Å². The molecule has 2 saturated heterocycles. The number of hydrogen-bond donors (Lipinski definition) is 0. The minimum atomic E-state index is -0.755. The molecule has 4 heterocycles. The number of halogens is 3. The van der Waals surface area contributed by atoms with E-state index >= 15 is 0 Å². The van der Waals surface area contributed by atoms with E-state index in [0.29, 0.717) is 51.3 Å². The van der Waals surface area contributed by atoms with E-state index in [1.807, 2.05) is 0 Å². The number of anilines is 1. The van der Waals surface area contributed by atoms with Crippen LogP contribution in [0.2, 0.25) is 0 Å². The van der Waals surface area contributed by atoms with E-state index in [4.69, 9.17) is 0 Å². The summed E-state index contributed by atoms with van der Waals surface area (Å²) in [7, 11) is 0. The fraction of sp³-hybridized carbons (Fsp3) is 0.458. The Morgan fingerprint density at radius 2 is 1.56 bits per heavy atom. The summed E-state index contributed by atoms with van der Waals surface area (Å²) in [6.45, 7) is 2.52. The predicted octanol–water partition coefficient (Wildman–Crippen LogP) is 3.19. The molecule has 2 fully saturated rings. The van der Waals surface area contributed by atoms with Crippen LogP contribution in [0.3, 0.4) is 0 Å². The molecular weight excluding hydrogens is 475 g/mol. The molecule has 1 aromatic carbocycles. The number of rotatable bonds is 3. The predicted molar refractivity (Wildman–Crippen MR) is 125 cm³/mol. The summed E-state index contributed by atoms with van der Waals surface area (Å²) in [5, 5.41) is 5.38. The Morgan fingerprint density at radius 3 is 2.25 bits per heavy atom. The van der Waals surface area contributed by atoms with Gasteiger partial charge < -0.3 is 14.7 Å². The average molecular weight is 502 g/mol. The number of piperidine rings is 1. The van der Waals surface area contributed by atoms with Crippen LogP contribution in [0.1, 0.15) is 47.8 Å². The molecule has 1 unspecified atom stereocenters. The van der Waals surface area contributed by atoms with Crippen LogP contribution in [0.15, 0.2) is 29.5 Å². The number of carbonyl (C=O) groups is 2. The summed E-state index contributed by atoms with van der Waals surface area (Å²) in [6, 6.07) is 2.22. The Bertz CT molecular complexity index is 1160. The number of urea groups is 1. The largest absolute Gasteiger partial charge is 0.341 e. The van der Waals surface area contributed by atoms with Gasteiger partial charge in [-0.2, -0.15) is 5.10 Å². The molecule has 190 valence electrons. The number of hydrogen-bond acceptors (Lipinski definition) is 6. The zero-order valence-electron chi connectivity index (χ0n) is 19.6. The Hall–Kier alpha value is -3.70. The molecule has 3 amide bonds. The average Bonchev–Trinajstić information content (AvgIpc) is 3.38. The smallest absolute Gasteiger partial charge is 0.337 e. The van der Waals surface area contributed by atoms with Gasteiger partial charge in [0, 0.05) is 58.0 Å². The van der Waals surface area contributed by atoms with Crippen molar-refractivity contribution in [2.24, 2.45) is 5.10 Å². The second kappa shape index (κ2) is 10.1. The molecule has 0 aliphatic carbocycles. The van der Waals surface area contributed by atoms with Crippen molar-refractivity contribution in [3.8, 4) is 0 Å². The number of benzene rings is 1. The number of carbonyl (C=O) groups excluding carboxylic acids is 2. The second-order valence-corrected chi connectivity index (χ2v) is 9.07. The standard InChI is InChI=1S/C24H26F3N7O2/c25-17-12-16(13-18(26)14-17)20-4-5-29-34(20)24(36)33-10-8-32(9-11-33)23-28-15-19(27)21(30-23)22(35)31-6-2-1-3-7-31/h5,12-15,20H,1-4,6-11H2. The van der Waals surface area contributed by atoms with Gasteiger partial charge in [0.15, 0.2) is 11.5 Å². The van der Waals surface area contributed by atoms with Crippen LogP contribution >= 0.6 is 0 Å². The van der Waals surface area contributed by atoms with Crippen LogP contribution in [0.4, 0.5) is 23.9 Å². The fourth-order valence-electron chi connectivity index (χ4n) is 4.79. The third kappa shape index (κ3) is 4.84. The molecule has 36 heavy (non-hydrogen) atoms. The highest BCUT2D eigenvalue weighted by molar-refractivity contribution is 5.92. The highest BCUT2D eigenvalue weighted by Crippen LogP contribution is 2.30. The third-order valence-corrected chi connectivity index (χ3v) is 6.71. The molecule has 0 bridgehead atoms. The number of likely N-dealkylation sites (tertiary alicyclic amines) is 1. The van der Waals surface area contributed by atoms with Gasteiger partial charge in [-0.15, -0.1) is 0 Å². The molecular formula is C24H26F3N7O2. The zero-order chi connectivity index (χ0) is 25.2. The van der Waals surface area contributed by atoms with E-state index < -0.39 is 29.4 Å². The monoisotopic (exact) mass is 501 g/mol. The molecule has 12 heteroatoms. The lowest BCUT2D eigenvalue weighted by molar-refractivity contribution is 0.0713. The molecule has 3 aliphatic heterocycles. The van der Waals surface area contributed by atoms with E-state index in [9.17, 15) is 22.8 Å². The van der Waals surface area contributed by atoms with Crippen LogP contribution in [-0.2, 0) is 0 Å². The number of hydrazone groups is 1. The van der Waals surface area contributed by atoms with E-state index in [0.717, 1.165) is 31.5 Å². The molecule has 3 aliphatic rings. The summed E-state index contributed by atoms with van der Waals surface area (Å²) >= 11 is 0. The minimum absolute atomic E-state index is 0.233. The Labute approximate surface area is 206 Å². The van der Waals surface area contributed by atoms with Crippen molar-refractivity contribution in [2.75, 3.05) is 44.2 Å². The van der Waals surface area contributed by atoms with Crippen molar-refractivity contribution in [1.82, 2.24) is 24.8 Å². The Morgan fingerprint density at radius 1 is 0.861 bits per heavy atom. The van der Waals surface area contributed by atoms with Crippen molar-refractivity contribution in [1.29, 1.82) is 0 Å². The van der Waals surface area contributed by atoms with Crippen LogP contribution in [0.25, 0.3) is 0 Å². The maximum Gasteiger partial charge on any atom is 0.341 e. The lowest BCUT2D eigenvalue weighted by Gasteiger charge is -2.37. The third-order valence-electron chi connectivity index (χ3n) is 6.71. The molecule has 0 saturated carbocycles. The summed E-state index contributed by atoms with van der Waals surface area (Å²) in [4.78, 5) is 39.2. The van der Waals surface area contributed by atoms with E-state index in [1.54, 1.807) is 20.9 Å². The molecule has 0 spiro atoms. The molecule has 0 N–H and O–H groups in total. The minimum Gasteiger partial charge on any atom is -0.337 e. The highest BCUT2D eigenvalue weighted by Gasteiger charge is 2.34. The van der Waals surface area contributed by atoms with Crippen molar-refractivity contribution in [2.45, 2.75) is 31.7 Å². The van der Waals surface area contributed by atoms with Gasteiger partial charge in [0.1, 0.15) is 11.6 Å². The maximum atomic E-state index is 14.4. The van der Waals surface area contributed by atoms with Gasteiger partial charge in [0.25, 0.3) is 5.91 Å². The molecule has 0 radical (unpaired) electrons. The summed E-state index contributed by atoms with van der Waals surface area (Å²) in [6.07, 6.45) is 5.74. The van der Waals surface area contributed by atoms with Crippen molar-refractivity contribution < 1.29 is 22.8 Å². The van der Waals surface area contributed by atoms with Crippen LogP contribution < -0.4 is 4.90 Å². The van der Waals surface area contributed by atoms with Crippen molar-refractivity contribution >= 4 is 24.1 Å². The first-order valence-electron chi connectivity index (χ1n) is 12.0. The molecule has 1 aromatic heterocycles. The lowest BCUT2D eigenvalue weighted by Crippen LogP contribution is -2.52. The van der Waals surface area contributed by atoms with Crippen LogP contribution in [0.5, 0.6) is 0 Å². The Kier molecular flexibility index (Phi) is 6.75. The van der Waals surface area contributed by atoms with Gasteiger partial charge in [-0.3, -0.25) is 4.79 Å². The number of piperazine rings is 1. The maximum absolute atomic E-state index is 14.4. The van der Waals surface area contributed by atoms with Crippen LogP contribution in [0, 0.1) is 17.5 Å². The summed E-state index contributed by atoms with van der Waals surface area (Å²) < 4.78 is 41.8. The molecule has 1 atom stereocenters. The number of amides is 3. The SMILES string of the molecule is O=C(c1nc(N2CCN(C(=O)N3N=CCC3c3cc(F)cc(F)c3)CC2)ncc1F)N1CCCCC1. The van der Waals surface area contributed by atoms with Crippen molar-refractivity contribution in [3.63, 3.8) is 0 Å². The van der Waals surface area contributed by atoms with Gasteiger partial charge in [-0.1, -0.05) is 0 Å². The van der Waals surface area contributed by atoms with E-state index in [1.165, 1.54) is 17.1 Å². The Balaban J connectivity index is 1.24. The molecule has 9 nitrogen and oxygen atoms in total. The lowest BCUT2D eigenvalue weighted by atomic mass is 10.0. The van der Waals surface area contributed by atoms with Gasteiger partial charge in [0.2, 0.25) is 5.95 Å². The quantitative estimate of drug-likeness (QED) is 0.645. The van der Waals surface area contributed by atoms with E-state index in [-0.39, 0.29) is 17.7 Å². The van der Waals surface area contributed by atoms with Gasteiger partial charge in [0.05, 0.1) is 12.2 Å². The molecule has 5 rings (SSSR count). The van der Waals surface area contributed by atoms with Gasteiger partial charge in [-0.05, 0) is 37.0 Å². The first-order chi connectivity index (χ1) is 17.4. The first-order valence-corrected chi connectivity index (χ1v) is 12.0. The first kappa shape index (κ1) is 24.0.